The monoisotopic (exact) mass is 345 g/mol. The summed E-state index contributed by atoms with van der Waals surface area (Å²) in [7, 11) is 0. The van der Waals surface area contributed by atoms with Gasteiger partial charge in [-0.2, -0.15) is 5.10 Å². The number of benzene rings is 2. The van der Waals surface area contributed by atoms with Crippen LogP contribution < -0.4 is 0 Å². The Morgan fingerprint density at radius 2 is 1.88 bits per heavy atom. The smallest absolute Gasteiger partial charge is 0.164 e. The fourth-order valence-corrected chi connectivity index (χ4v) is 3.96. The van der Waals surface area contributed by atoms with E-state index in [-0.39, 0.29) is 0 Å². The number of fused-ring (bicyclic) bond motifs is 4. The molecule has 5 aromatic rings. The average Bonchev–Trinajstić information content (AvgIpc) is 3.22. The molecule has 0 radical (unpaired) electrons. The quantitative estimate of drug-likeness (QED) is 0.494. The highest BCUT2D eigenvalue weighted by molar-refractivity contribution is 7.98. The molecule has 6 heteroatoms. The molecule has 2 aromatic carbocycles. The second-order valence-corrected chi connectivity index (χ2v) is 6.95. The van der Waals surface area contributed by atoms with Gasteiger partial charge in [0.25, 0.3) is 0 Å². The number of pyridine rings is 1. The van der Waals surface area contributed by atoms with Crippen LogP contribution in [0.15, 0.2) is 59.6 Å². The van der Waals surface area contributed by atoms with Gasteiger partial charge in [-0.15, -0.1) is 0 Å². The number of hydrogen-bond donors (Lipinski definition) is 1. The van der Waals surface area contributed by atoms with E-state index in [1.54, 1.807) is 11.8 Å². The van der Waals surface area contributed by atoms with Crippen molar-refractivity contribution in [2.24, 2.45) is 0 Å². The Kier molecular flexibility index (Phi) is 3.24. The maximum Gasteiger partial charge on any atom is 0.164 e. The van der Waals surface area contributed by atoms with Crippen LogP contribution in [0, 0.1) is 6.92 Å². The highest BCUT2D eigenvalue weighted by Crippen LogP contribution is 2.28. The molecule has 0 atom stereocenters. The van der Waals surface area contributed by atoms with Crippen molar-refractivity contribution < 1.29 is 0 Å². The van der Waals surface area contributed by atoms with Crippen LogP contribution in [0.25, 0.3) is 27.5 Å². The van der Waals surface area contributed by atoms with Gasteiger partial charge in [-0.05, 0) is 30.5 Å². The first kappa shape index (κ1) is 14.5. The van der Waals surface area contributed by atoms with Crippen LogP contribution in [-0.4, -0.2) is 24.6 Å². The average molecular weight is 345 g/mol. The zero-order valence-corrected chi connectivity index (χ0v) is 14.4. The summed E-state index contributed by atoms with van der Waals surface area (Å²) in [6.45, 7) is 1.93. The van der Waals surface area contributed by atoms with Crippen LogP contribution in [0.1, 0.15) is 11.6 Å². The standard InChI is InChI=1S/C19H15N5S/c1-12-20-19-14-7-3-2-6-13(14)10-18(24(19)23-12)25-11-17-21-15-8-4-5-9-16(15)22-17/h2-10H,11H2,1H3,(H,21,22). The SMILES string of the molecule is Cc1nc2c3ccccc3cc(SCc3nc4ccccc4[nH]3)n2n1. The molecule has 5 nitrogen and oxygen atoms in total. The fourth-order valence-electron chi connectivity index (χ4n) is 3.08. The third-order valence-electron chi connectivity index (χ3n) is 4.20. The van der Waals surface area contributed by atoms with Crippen LogP contribution in [0.4, 0.5) is 0 Å². The van der Waals surface area contributed by atoms with Crippen molar-refractivity contribution in [3.8, 4) is 0 Å². The predicted molar refractivity (Wildman–Crippen MR) is 101 cm³/mol. The Hall–Kier alpha value is -2.86. The summed E-state index contributed by atoms with van der Waals surface area (Å²) in [6.07, 6.45) is 0. The molecule has 5 rings (SSSR count). The third kappa shape index (κ3) is 2.46. The topological polar surface area (TPSA) is 58.9 Å². The Morgan fingerprint density at radius 3 is 2.80 bits per heavy atom. The van der Waals surface area contributed by atoms with Gasteiger partial charge >= 0.3 is 0 Å². The number of nitrogens with one attached hydrogen (secondary N) is 1. The summed E-state index contributed by atoms with van der Waals surface area (Å²) >= 11 is 1.71. The second kappa shape index (κ2) is 5.60. The number of H-pyrrole nitrogens is 1. The molecule has 0 saturated heterocycles. The first-order valence-corrected chi connectivity index (χ1v) is 9.08. The molecule has 0 aliphatic heterocycles. The molecule has 3 aromatic heterocycles. The lowest BCUT2D eigenvalue weighted by Crippen LogP contribution is -1.95. The summed E-state index contributed by atoms with van der Waals surface area (Å²) in [5, 5.41) is 7.93. The van der Waals surface area contributed by atoms with Crippen molar-refractivity contribution >= 4 is 39.2 Å². The van der Waals surface area contributed by atoms with Gasteiger partial charge in [-0.1, -0.05) is 48.2 Å². The number of aryl methyl sites for hydroxylation is 1. The minimum atomic E-state index is 0.751. The molecule has 0 unspecified atom stereocenters. The number of rotatable bonds is 3. The summed E-state index contributed by atoms with van der Waals surface area (Å²) in [5.74, 6) is 2.49. The molecule has 0 amide bonds. The Bertz CT molecular complexity index is 1190. The van der Waals surface area contributed by atoms with E-state index in [0.29, 0.717) is 0 Å². The molecule has 1 N–H and O–H groups in total. The van der Waals surface area contributed by atoms with E-state index in [4.69, 9.17) is 0 Å². The van der Waals surface area contributed by atoms with E-state index in [1.165, 1.54) is 5.39 Å². The van der Waals surface area contributed by atoms with Gasteiger partial charge in [0.1, 0.15) is 16.7 Å². The number of aromatic amines is 1. The zero-order valence-electron chi connectivity index (χ0n) is 13.6. The molecule has 3 heterocycles. The van der Waals surface area contributed by atoms with Crippen molar-refractivity contribution in [2.45, 2.75) is 17.7 Å². The number of nitrogens with zero attached hydrogens (tertiary/aromatic N) is 4. The maximum atomic E-state index is 4.65. The van der Waals surface area contributed by atoms with Gasteiger partial charge in [0.2, 0.25) is 0 Å². The van der Waals surface area contributed by atoms with Gasteiger partial charge in [-0.25, -0.2) is 14.5 Å². The predicted octanol–water partition coefficient (Wildman–Crippen LogP) is 4.36. The highest BCUT2D eigenvalue weighted by Gasteiger charge is 2.11. The van der Waals surface area contributed by atoms with E-state index in [1.807, 2.05) is 41.8 Å². The van der Waals surface area contributed by atoms with E-state index >= 15 is 0 Å². The van der Waals surface area contributed by atoms with Gasteiger partial charge < -0.3 is 4.98 Å². The van der Waals surface area contributed by atoms with Crippen LogP contribution in [0.2, 0.25) is 0 Å². The van der Waals surface area contributed by atoms with Crippen molar-refractivity contribution in [3.63, 3.8) is 0 Å². The normalized spacial score (nSPS) is 11.7. The van der Waals surface area contributed by atoms with Crippen molar-refractivity contribution in [1.29, 1.82) is 0 Å². The first-order valence-electron chi connectivity index (χ1n) is 8.09. The molecule has 25 heavy (non-hydrogen) atoms. The molecule has 0 saturated carbocycles. The lowest BCUT2D eigenvalue weighted by atomic mass is 10.2. The Morgan fingerprint density at radius 1 is 1.04 bits per heavy atom. The van der Waals surface area contributed by atoms with Crippen molar-refractivity contribution in [1.82, 2.24) is 24.6 Å². The number of hydrogen-bond acceptors (Lipinski definition) is 4. The summed E-state index contributed by atoms with van der Waals surface area (Å²) in [4.78, 5) is 12.6. The second-order valence-electron chi connectivity index (χ2n) is 5.95. The van der Waals surface area contributed by atoms with Crippen molar-refractivity contribution in [3.05, 3.63) is 66.2 Å². The molecule has 0 fully saturated rings. The highest BCUT2D eigenvalue weighted by atomic mass is 32.2. The third-order valence-corrected chi connectivity index (χ3v) is 5.20. The number of aromatic nitrogens is 5. The Balaban J connectivity index is 1.57. The van der Waals surface area contributed by atoms with Gasteiger partial charge in [-0.3, -0.25) is 0 Å². The molecule has 0 bridgehead atoms. The van der Waals surface area contributed by atoms with Crippen LogP contribution in [0.3, 0.4) is 0 Å². The molecule has 0 spiro atoms. The van der Waals surface area contributed by atoms with Gasteiger partial charge in [0.05, 0.1) is 16.8 Å². The van der Waals surface area contributed by atoms with Crippen molar-refractivity contribution in [2.75, 3.05) is 0 Å². The van der Waals surface area contributed by atoms with Crippen LogP contribution in [-0.2, 0) is 5.75 Å². The number of thioether (sulfide) groups is 1. The minimum absolute atomic E-state index is 0.751. The molecule has 122 valence electrons. The van der Waals surface area contributed by atoms with E-state index in [0.717, 1.165) is 44.5 Å². The van der Waals surface area contributed by atoms with E-state index < -0.39 is 0 Å². The van der Waals surface area contributed by atoms with E-state index in [2.05, 4.69) is 44.3 Å². The minimum Gasteiger partial charge on any atom is -0.341 e. The summed E-state index contributed by atoms with van der Waals surface area (Å²) in [6, 6.07) is 18.6. The first-order chi connectivity index (χ1) is 12.3. The van der Waals surface area contributed by atoms with Crippen LogP contribution >= 0.6 is 11.8 Å². The lowest BCUT2D eigenvalue weighted by Gasteiger charge is -2.06. The largest absolute Gasteiger partial charge is 0.341 e. The number of para-hydroxylation sites is 2. The zero-order chi connectivity index (χ0) is 16.8. The number of imidazole rings is 1. The maximum absolute atomic E-state index is 4.65. The van der Waals surface area contributed by atoms with Gasteiger partial charge in [0, 0.05) is 5.39 Å². The molecule has 0 aliphatic carbocycles. The lowest BCUT2D eigenvalue weighted by molar-refractivity contribution is 0.849. The molecular weight excluding hydrogens is 330 g/mol. The van der Waals surface area contributed by atoms with E-state index in [9.17, 15) is 0 Å². The van der Waals surface area contributed by atoms with Crippen LogP contribution in [0.5, 0.6) is 0 Å². The summed E-state index contributed by atoms with van der Waals surface area (Å²) < 4.78 is 1.94. The fraction of sp³-hybridized carbons (Fsp3) is 0.105. The Labute approximate surface area is 148 Å². The van der Waals surface area contributed by atoms with Gasteiger partial charge in [0.15, 0.2) is 5.65 Å². The molecule has 0 aliphatic rings. The molecular formula is C19H15N5S. The summed E-state index contributed by atoms with van der Waals surface area (Å²) in [5.41, 5.74) is 2.97.